The zero-order chi connectivity index (χ0) is 13.0. The molecule has 2 heterocycles. The molecule has 2 rings (SSSR count). The van der Waals surface area contributed by atoms with Gasteiger partial charge in [-0.3, -0.25) is 4.79 Å². The van der Waals surface area contributed by atoms with Gasteiger partial charge in [-0.1, -0.05) is 0 Å². The van der Waals surface area contributed by atoms with Gasteiger partial charge in [0.15, 0.2) is 0 Å². The van der Waals surface area contributed by atoms with E-state index < -0.39 is 0 Å². The third kappa shape index (κ3) is 3.32. The minimum absolute atomic E-state index is 0.0890. The highest BCUT2D eigenvalue weighted by molar-refractivity contribution is 5.90. The maximum atomic E-state index is 12.0. The van der Waals surface area contributed by atoms with Gasteiger partial charge >= 0.3 is 0 Å². The summed E-state index contributed by atoms with van der Waals surface area (Å²) >= 11 is 0. The Bertz CT molecular complexity index is 393. The van der Waals surface area contributed by atoms with Gasteiger partial charge in [0.1, 0.15) is 5.82 Å². The Hall–Kier alpha value is -1.36. The average Bonchev–Trinajstić information content (AvgIpc) is 2.78. The Morgan fingerprint density at radius 3 is 3.17 bits per heavy atom. The molecule has 1 aromatic rings. The van der Waals surface area contributed by atoms with E-state index in [4.69, 9.17) is 0 Å². The van der Waals surface area contributed by atoms with E-state index in [1.54, 1.807) is 6.20 Å². The summed E-state index contributed by atoms with van der Waals surface area (Å²) in [6.07, 6.45) is 4.62. The van der Waals surface area contributed by atoms with Gasteiger partial charge < -0.3 is 10.6 Å². The van der Waals surface area contributed by atoms with Crippen LogP contribution in [0, 0.1) is 5.92 Å². The third-order valence-electron chi connectivity index (χ3n) is 3.30. The number of carbonyl (C=O) groups is 1. The number of nitrogens with one attached hydrogen (secondary N) is 2. The average molecular weight is 250 g/mol. The first-order chi connectivity index (χ1) is 8.66. The number of amides is 1. The normalized spacial score (nSPS) is 20.1. The highest BCUT2D eigenvalue weighted by Gasteiger charge is 2.17. The van der Waals surface area contributed by atoms with E-state index in [1.165, 1.54) is 6.42 Å². The molecule has 0 aliphatic carbocycles. The van der Waals surface area contributed by atoms with Crippen molar-refractivity contribution in [3.63, 3.8) is 0 Å². The summed E-state index contributed by atoms with van der Waals surface area (Å²) in [7, 11) is 0. The Kier molecular flexibility index (Phi) is 4.36. The van der Waals surface area contributed by atoms with Crippen LogP contribution in [0.4, 0.5) is 5.82 Å². The van der Waals surface area contributed by atoms with Crippen LogP contribution in [0.2, 0.25) is 0 Å². The van der Waals surface area contributed by atoms with Crippen molar-refractivity contribution in [3.8, 4) is 0 Å². The minimum atomic E-state index is 0.0890. The topological polar surface area (TPSA) is 59.0 Å². The molecular formula is C13H22N4O. The van der Waals surface area contributed by atoms with Gasteiger partial charge in [0, 0.05) is 18.5 Å². The lowest BCUT2D eigenvalue weighted by Gasteiger charge is -2.22. The molecule has 0 spiro atoms. The summed E-state index contributed by atoms with van der Waals surface area (Å²) < 4.78 is 1.83. The number of anilines is 1. The second-order valence-corrected chi connectivity index (χ2v) is 5.22. The summed E-state index contributed by atoms with van der Waals surface area (Å²) in [5.41, 5.74) is 0. The van der Waals surface area contributed by atoms with E-state index in [0.717, 1.165) is 25.3 Å². The molecule has 1 aliphatic heterocycles. The molecule has 0 radical (unpaired) electrons. The van der Waals surface area contributed by atoms with Crippen molar-refractivity contribution in [1.29, 1.82) is 0 Å². The van der Waals surface area contributed by atoms with Crippen molar-refractivity contribution in [2.45, 2.75) is 39.2 Å². The van der Waals surface area contributed by atoms with Gasteiger partial charge in [0.2, 0.25) is 5.91 Å². The number of rotatable bonds is 4. The summed E-state index contributed by atoms with van der Waals surface area (Å²) in [6, 6.07) is 2.10. The molecule has 0 saturated carbocycles. The van der Waals surface area contributed by atoms with Gasteiger partial charge in [-0.15, -0.1) is 0 Å². The van der Waals surface area contributed by atoms with Gasteiger partial charge in [-0.2, -0.15) is 5.10 Å². The number of hydrogen-bond acceptors (Lipinski definition) is 3. The summed E-state index contributed by atoms with van der Waals surface area (Å²) in [5.74, 6) is 1.35. The van der Waals surface area contributed by atoms with E-state index in [0.29, 0.717) is 12.3 Å². The fourth-order valence-electron chi connectivity index (χ4n) is 2.38. The van der Waals surface area contributed by atoms with Gasteiger partial charge in [0.05, 0.1) is 6.20 Å². The SMILES string of the molecule is CC(C)n1nccc1NC(=O)CC1CCCNC1. The zero-order valence-electron chi connectivity index (χ0n) is 11.1. The van der Waals surface area contributed by atoms with Gasteiger partial charge in [-0.25, -0.2) is 4.68 Å². The zero-order valence-corrected chi connectivity index (χ0v) is 11.1. The van der Waals surface area contributed by atoms with Crippen molar-refractivity contribution < 1.29 is 4.79 Å². The Labute approximate surface area is 108 Å². The fraction of sp³-hybridized carbons (Fsp3) is 0.692. The van der Waals surface area contributed by atoms with Crippen LogP contribution in [0.25, 0.3) is 0 Å². The molecule has 1 aromatic heterocycles. The molecule has 1 saturated heterocycles. The van der Waals surface area contributed by atoms with E-state index in [-0.39, 0.29) is 11.9 Å². The Balaban J connectivity index is 1.88. The first-order valence-corrected chi connectivity index (χ1v) is 6.71. The second-order valence-electron chi connectivity index (χ2n) is 5.22. The largest absolute Gasteiger partial charge is 0.316 e. The Morgan fingerprint density at radius 1 is 1.67 bits per heavy atom. The van der Waals surface area contributed by atoms with E-state index in [2.05, 4.69) is 15.7 Å². The molecule has 5 nitrogen and oxygen atoms in total. The van der Waals surface area contributed by atoms with Crippen LogP contribution in [-0.2, 0) is 4.79 Å². The molecule has 18 heavy (non-hydrogen) atoms. The van der Waals surface area contributed by atoms with Crippen molar-refractivity contribution in [1.82, 2.24) is 15.1 Å². The number of nitrogens with zero attached hydrogens (tertiary/aromatic N) is 2. The van der Waals surface area contributed by atoms with E-state index in [1.807, 2.05) is 24.6 Å². The predicted octanol–water partition coefficient (Wildman–Crippen LogP) is 1.79. The van der Waals surface area contributed by atoms with E-state index in [9.17, 15) is 4.79 Å². The van der Waals surface area contributed by atoms with Crippen molar-refractivity contribution in [3.05, 3.63) is 12.3 Å². The van der Waals surface area contributed by atoms with Crippen LogP contribution < -0.4 is 10.6 Å². The highest BCUT2D eigenvalue weighted by atomic mass is 16.1. The molecule has 1 amide bonds. The maximum absolute atomic E-state index is 12.0. The van der Waals surface area contributed by atoms with Gasteiger partial charge in [0.25, 0.3) is 0 Å². The summed E-state index contributed by atoms with van der Waals surface area (Å²) in [6.45, 7) is 6.14. The molecule has 1 unspecified atom stereocenters. The third-order valence-corrected chi connectivity index (χ3v) is 3.30. The standard InChI is InChI=1S/C13H22N4O/c1-10(2)17-12(5-7-15-17)16-13(18)8-11-4-3-6-14-9-11/h5,7,10-11,14H,3-4,6,8-9H2,1-2H3,(H,16,18). The minimum Gasteiger partial charge on any atom is -0.316 e. The highest BCUT2D eigenvalue weighted by Crippen LogP contribution is 2.17. The number of piperidine rings is 1. The lowest BCUT2D eigenvalue weighted by molar-refractivity contribution is -0.117. The van der Waals surface area contributed by atoms with Crippen molar-refractivity contribution >= 4 is 11.7 Å². The summed E-state index contributed by atoms with van der Waals surface area (Å²) in [4.78, 5) is 12.0. The van der Waals surface area contributed by atoms with E-state index >= 15 is 0 Å². The molecule has 0 bridgehead atoms. The second kappa shape index (κ2) is 6.00. The van der Waals surface area contributed by atoms with Gasteiger partial charge in [-0.05, 0) is 45.7 Å². The molecule has 1 atom stereocenters. The molecule has 1 fully saturated rings. The number of aromatic nitrogens is 2. The van der Waals surface area contributed by atoms with Crippen LogP contribution in [-0.4, -0.2) is 28.8 Å². The maximum Gasteiger partial charge on any atom is 0.225 e. The van der Waals surface area contributed by atoms with Crippen LogP contribution in [0.5, 0.6) is 0 Å². The molecule has 5 heteroatoms. The number of carbonyl (C=O) groups excluding carboxylic acids is 1. The first kappa shape index (κ1) is 13.1. The monoisotopic (exact) mass is 250 g/mol. The van der Waals surface area contributed by atoms with Crippen molar-refractivity contribution in [2.24, 2.45) is 5.92 Å². The lowest BCUT2D eigenvalue weighted by Crippen LogP contribution is -2.32. The quantitative estimate of drug-likeness (QED) is 0.856. The summed E-state index contributed by atoms with van der Waals surface area (Å²) in [5, 5.41) is 10.5. The van der Waals surface area contributed by atoms with Crippen LogP contribution >= 0.6 is 0 Å². The molecule has 0 aromatic carbocycles. The van der Waals surface area contributed by atoms with Crippen molar-refractivity contribution in [2.75, 3.05) is 18.4 Å². The molecule has 1 aliphatic rings. The molecule has 2 N–H and O–H groups in total. The molecule has 100 valence electrons. The predicted molar refractivity (Wildman–Crippen MR) is 71.5 cm³/mol. The van der Waals surface area contributed by atoms with Crippen LogP contribution in [0.3, 0.4) is 0 Å². The Morgan fingerprint density at radius 2 is 2.50 bits per heavy atom. The van der Waals surface area contributed by atoms with Crippen LogP contribution in [0.15, 0.2) is 12.3 Å². The first-order valence-electron chi connectivity index (χ1n) is 6.71. The number of hydrogen-bond donors (Lipinski definition) is 2. The lowest BCUT2D eigenvalue weighted by atomic mass is 9.96. The molecular weight excluding hydrogens is 228 g/mol. The fourth-order valence-corrected chi connectivity index (χ4v) is 2.38. The smallest absolute Gasteiger partial charge is 0.225 e. The van der Waals surface area contributed by atoms with Crippen LogP contribution in [0.1, 0.15) is 39.2 Å².